The van der Waals surface area contributed by atoms with Gasteiger partial charge in [0.15, 0.2) is 0 Å². The zero-order valence-corrected chi connectivity index (χ0v) is 18.8. The summed E-state index contributed by atoms with van der Waals surface area (Å²) in [4.78, 5) is 29.4. The lowest BCUT2D eigenvalue weighted by molar-refractivity contribution is -0.123. The summed E-state index contributed by atoms with van der Waals surface area (Å²) in [5.74, 6) is -0.317. The second-order valence-electron chi connectivity index (χ2n) is 8.10. The highest BCUT2D eigenvalue weighted by Gasteiger charge is 2.52. The Bertz CT molecular complexity index is 1150. The quantitative estimate of drug-likeness (QED) is 0.424. The van der Waals surface area contributed by atoms with Crippen molar-refractivity contribution in [3.05, 3.63) is 99.5 Å². The Morgan fingerprint density at radius 1 is 0.839 bits per heavy atom. The van der Waals surface area contributed by atoms with Crippen LogP contribution in [0, 0.1) is 0 Å². The van der Waals surface area contributed by atoms with Gasteiger partial charge in [-0.15, -0.1) is 0 Å². The molecule has 1 aliphatic heterocycles. The number of hydrogen-bond donors (Lipinski definition) is 0. The molecule has 4 nitrogen and oxygen atoms in total. The van der Waals surface area contributed by atoms with Gasteiger partial charge in [-0.05, 0) is 55.2 Å². The van der Waals surface area contributed by atoms with Crippen LogP contribution in [0.4, 0.5) is 10.5 Å². The molecule has 158 valence electrons. The normalized spacial score (nSPS) is 15.6. The van der Waals surface area contributed by atoms with Crippen LogP contribution < -0.4 is 4.90 Å². The Morgan fingerprint density at radius 2 is 1.48 bits per heavy atom. The van der Waals surface area contributed by atoms with Crippen LogP contribution in [0.1, 0.15) is 30.5 Å². The lowest BCUT2D eigenvalue weighted by atomic mass is 9.97. The molecule has 0 bridgehead atoms. The molecular formula is C25H22Cl2N2O2. The van der Waals surface area contributed by atoms with Crippen molar-refractivity contribution in [1.29, 1.82) is 0 Å². The van der Waals surface area contributed by atoms with Crippen molar-refractivity contribution in [3.63, 3.8) is 0 Å². The molecule has 0 radical (unpaired) electrons. The number of carbonyl (C=O) groups excluding carboxylic acids is 2. The summed E-state index contributed by atoms with van der Waals surface area (Å²) >= 11 is 12.3. The maximum atomic E-state index is 13.4. The second-order valence-corrected chi connectivity index (χ2v) is 8.94. The van der Waals surface area contributed by atoms with Crippen molar-refractivity contribution >= 4 is 40.8 Å². The van der Waals surface area contributed by atoms with Crippen molar-refractivity contribution in [2.24, 2.45) is 0 Å². The zero-order chi connectivity index (χ0) is 22.2. The van der Waals surface area contributed by atoms with Crippen molar-refractivity contribution in [2.45, 2.75) is 32.4 Å². The highest BCUT2D eigenvalue weighted by Crippen LogP contribution is 2.37. The molecule has 6 heteroatoms. The third-order valence-electron chi connectivity index (χ3n) is 5.66. The highest BCUT2D eigenvalue weighted by atomic mass is 35.5. The van der Waals surface area contributed by atoms with Gasteiger partial charge in [-0.3, -0.25) is 4.79 Å². The summed E-state index contributed by atoms with van der Waals surface area (Å²) < 4.78 is 0. The Hall–Kier alpha value is -2.82. The Balaban J connectivity index is 1.66. The number of imide groups is 1. The van der Waals surface area contributed by atoms with Crippen LogP contribution in [0.5, 0.6) is 0 Å². The van der Waals surface area contributed by atoms with Crippen LogP contribution in [-0.2, 0) is 17.8 Å². The fraction of sp³-hybridized carbons (Fsp3) is 0.200. The molecule has 0 aromatic heterocycles. The Morgan fingerprint density at radius 3 is 2.16 bits per heavy atom. The van der Waals surface area contributed by atoms with Crippen molar-refractivity contribution in [3.8, 4) is 0 Å². The van der Waals surface area contributed by atoms with Gasteiger partial charge in [0.25, 0.3) is 5.91 Å². The highest BCUT2D eigenvalue weighted by molar-refractivity contribution is 6.38. The molecule has 0 unspecified atom stereocenters. The average Bonchev–Trinajstić information content (AvgIpc) is 2.90. The Kier molecular flexibility index (Phi) is 5.78. The zero-order valence-electron chi connectivity index (χ0n) is 17.3. The van der Waals surface area contributed by atoms with Gasteiger partial charge in [0.1, 0.15) is 5.54 Å². The number of carbonyl (C=O) groups is 2. The van der Waals surface area contributed by atoms with Crippen LogP contribution in [0.15, 0.2) is 72.8 Å². The molecule has 1 saturated heterocycles. The SMILES string of the molecule is CC1(C)C(=O)N(c2ccc(Cl)cc2Cl)C(=O)N1Cc1ccccc1Cc1ccccc1. The fourth-order valence-corrected chi connectivity index (χ4v) is 4.34. The third-order valence-corrected chi connectivity index (χ3v) is 6.20. The molecule has 0 spiro atoms. The molecule has 1 fully saturated rings. The number of anilines is 1. The maximum Gasteiger partial charge on any atom is 0.332 e. The summed E-state index contributed by atoms with van der Waals surface area (Å²) in [5, 5.41) is 0.704. The minimum Gasteiger partial charge on any atom is -0.305 e. The van der Waals surface area contributed by atoms with Crippen molar-refractivity contribution in [2.75, 3.05) is 4.90 Å². The van der Waals surface area contributed by atoms with E-state index >= 15 is 0 Å². The summed E-state index contributed by atoms with van der Waals surface area (Å²) in [7, 11) is 0. The molecule has 3 amide bonds. The molecule has 0 saturated carbocycles. The van der Waals surface area contributed by atoms with E-state index in [-0.39, 0.29) is 10.9 Å². The van der Waals surface area contributed by atoms with Crippen LogP contribution in [0.25, 0.3) is 0 Å². The summed E-state index contributed by atoms with van der Waals surface area (Å²) in [6.07, 6.45) is 0.750. The van der Waals surface area contributed by atoms with E-state index in [4.69, 9.17) is 23.2 Å². The van der Waals surface area contributed by atoms with Gasteiger partial charge < -0.3 is 4.90 Å². The van der Waals surface area contributed by atoms with E-state index in [1.54, 1.807) is 30.9 Å². The lowest BCUT2D eigenvalue weighted by Gasteiger charge is -2.28. The van der Waals surface area contributed by atoms with E-state index < -0.39 is 11.6 Å². The second kappa shape index (κ2) is 8.37. The molecule has 1 heterocycles. The van der Waals surface area contributed by atoms with Crippen molar-refractivity contribution in [1.82, 2.24) is 4.90 Å². The molecule has 1 aliphatic rings. The number of benzene rings is 3. The number of halogens is 2. The molecular weight excluding hydrogens is 431 g/mol. The molecule has 3 aromatic carbocycles. The van der Waals surface area contributed by atoms with E-state index in [1.165, 1.54) is 11.6 Å². The Labute approximate surface area is 192 Å². The molecule has 0 N–H and O–H groups in total. The van der Waals surface area contributed by atoms with Gasteiger partial charge in [-0.1, -0.05) is 77.8 Å². The van der Waals surface area contributed by atoms with Gasteiger partial charge >= 0.3 is 6.03 Å². The van der Waals surface area contributed by atoms with Crippen LogP contribution >= 0.6 is 23.2 Å². The smallest absolute Gasteiger partial charge is 0.305 e. The number of rotatable bonds is 5. The molecule has 0 aliphatic carbocycles. The van der Waals surface area contributed by atoms with Gasteiger partial charge in [0, 0.05) is 11.6 Å². The average molecular weight is 453 g/mol. The number of hydrogen-bond acceptors (Lipinski definition) is 2. The first-order valence-corrected chi connectivity index (χ1v) is 10.8. The number of urea groups is 1. The molecule has 31 heavy (non-hydrogen) atoms. The molecule has 4 rings (SSSR count). The van der Waals surface area contributed by atoms with Crippen molar-refractivity contribution < 1.29 is 9.59 Å². The summed E-state index contributed by atoms with van der Waals surface area (Å²) in [5.41, 5.74) is 2.64. The van der Waals surface area contributed by atoms with Gasteiger partial charge in [-0.25, -0.2) is 9.69 Å². The maximum absolute atomic E-state index is 13.4. The van der Waals surface area contributed by atoms with E-state index in [9.17, 15) is 9.59 Å². The largest absolute Gasteiger partial charge is 0.332 e. The lowest BCUT2D eigenvalue weighted by Crippen LogP contribution is -2.43. The molecule has 3 aromatic rings. The van der Waals surface area contributed by atoms with Gasteiger partial charge in [0.2, 0.25) is 0 Å². The topological polar surface area (TPSA) is 40.6 Å². The van der Waals surface area contributed by atoms with Crippen LogP contribution in [0.3, 0.4) is 0 Å². The first-order chi connectivity index (χ1) is 14.8. The first-order valence-electron chi connectivity index (χ1n) is 10.0. The fourth-order valence-electron chi connectivity index (χ4n) is 3.85. The summed E-state index contributed by atoms with van der Waals surface area (Å²) in [6.45, 7) is 3.84. The molecule has 0 atom stereocenters. The van der Waals surface area contributed by atoms with E-state index in [2.05, 4.69) is 18.2 Å². The predicted octanol–water partition coefficient (Wildman–Crippen LogP) is 6.33. The first kappa shape index (κ1) is 21.4. The number of amides is 3. The van der Waals surface area contributed by atoms with Gasteiger partial charge in [0.05, 0.1) is 10.7 Å². The monoisotopic (exact) mass is 452 g/mol. The van der Waals surface area contributed by atoms with E-state index in [0.29, 0.717) is 17.3 Å². The van der Waals surface area contributed by atoms with Crippen LogP contribution in [0.2, 0.25) is 10.0 Å². The standard InChI is InChI=1S/C25H22Cl2N2O2/c1-25(2)23(30)29(22-13-12-20(26)15-21(22)27)24(31)28(25)16-19-11-7-6-10-18(19)14-17-8-4-3-5-9-17/h3-13,15H,14,16H2,1-2H3. The minimum atomic E-state index is -1.01. The van der Waals surface area contributed by atoms with Crippen LogP contribution in [-0.4, -0.2) is 22.4 Å². The number of nitrogens with zero attached hydrogens (tertiary/aromatic N) is 2. The van der Waals surface area contributed by atoms with Gasteiger partial charge in [-0.2, -0.15) is 0 Å². The summed E-state index contributed by atoms with van der Waals surface area (Å²) in [6, 6.07) is 22.5. The minimum absolute atomic E-state index is 0.260. The predicted molar refractivity (Wildman–Crippen MR) is 125 cm³/mol. The van der Waals surface area contributed by atoms with E-state index in [0.717, 1.165) is 22.4 Å². The third kappa shape index (κ3) is 4.06. The van der Waals surface area contributed by atoms with E-state index in [1.807, 2.05) is 36.4 Å².